The molecule has 3 rings (SSSR count). The Morgan fingerprint density at radius 1 is 1.20 bits per heavy atom. The SMILES string of the molecule is Nc1cc(N2CCC[C@H]3CCCC[C@H]32)ccc1C(=O)O. The monoisotopic (exact) mass is 274 g/mol. The van der Waals surface area contributed by atoms with Crippen LogP contribution < -0.4 is 10.6 Å². The summed E-state index contributed by atoms with van der Waals surface area (Å²) in [6.07, 6.45) is 7.82. The van der Waals surface area contributed by atoms with Crippen molar-refractivity contribution in [3.05, 3.63) is 23.8 Å². The molecule has 0 bridgehead atoms. The third kappa shape index (κ3) is 2.35. The van der Waals surface area contributed by atoms with Crippen LogP contribution in [0.25, 0.3) is 0 Å². The zero-order valence-electron chi connectivity index (χ0n) is 11.7. The molecule has 4 nitrogen and oxygen atoms in total. The summed E-state index contributed by atoms with van der Waals surface area (Å²) in [5, 5.41) is 9.06. The first-order valence-electron chi connectivity index (χ1n) is 7.56. The lowest BCUT2D eigenvalue weighted by Gasteiger charge is -2.45. The third-order valence-electron chi connectivity index (χ3n) is 4.84. The number of carbonyl (C=O) groups is 1. The van der Waals surface area contributed by atoms with Crippen molar-refractivity contribution >= 4 is 17.3 Å². The number of hydrogen-bond acceptors (Lipinski definition) is 3. The Bertz CT molecular complexity index is 513. The zero-order valence-corrected chi connectivity index (χ0v) is 11.7. The van der Waals surface area contributed by atoms with E-state index >= 15 is 0 Å². The van der Waals surface area contributed by atoms with Crippen molar-refractivity contribution in [1.29, 1.82) is 0 Å². The van der Waals surface area contributed by atoms with Gasteiger partial charge < -0.3 is 15.7 Å². The number of piperidine rings is 1. The van der Waals surface area contributed by atoms with Gasteiger partial charge in [-0.1, -0.05) is 12.8 Å². The molecule has 108 valence electrons. The molecule has 2 atom stereocenters. The first kappa shape index (κ1) is 13.3. The average Bonchev–Trinajstić information content (AvgIpc) is 2.46. The Morgan fingerprint density at radius 3 is 2.70 bits per heavy atom. The fraction of sp³-hybridized carbons (Fsp3) is 0.562. The summed E-state index contributed by atoms with van der Waals surface area (Å²) >= 11 is 0. The Kier molecular flexibility index (Phi) is 3.55. The molecule has 1 aliphatic carbocycles. The molecule has 2 aliphatic rings. The molecule has 1 saturated heterocycles. The van der Waals surface area contributed by atoms with Crippen molar-refractivity contribution in [1.82, 2.24) is 0 Å². The molecular formula is C16H22N2O2. The van der Waals surface area contributed by atoms with Crippen LogP contribution in [0, 0.1) is 5.92 Å². The van der Waals surface area contributed by atoms with Crippen LogP contribution in [0.5, 0.6) is 0 Å². The quantitative estimate of drug-likeness (QED) is 0.813. The van der Waals surface area contributed by atoms with Gasteiger partial charge in [-0.05, 0) is 49.8 Å². The molecule has 0 unspecified atom stereocenters. The van der Waals surface area contributed by atoms with Crippen LogP contribution in [0.15, 0.2) is 18.2 Å². The van der Waals surface area contributed by atoms with E-state index in [0.29, 0.717) is 11.7 Å². The van der Waals surface area contributed by atoms with Gasteiger partial charge in [-0.3, -0.25) is 0 Å². The van der Waals surface area contributed by atoms with Crippen molar-refractivity contribution in [2.75, 3.05) is 17.2 Å². The van der Waals surface area contributed by atoms with Crippen molar-refractivity contribution in [3.8, 4) is 0 Å². The summed E-state index contributed by atoms with van der Waals surface area (Å²) in [6.45, 7) is 1.06. The van der Waals surface area contributed by atoms with E-state index in [-0.39, 0.29) is 5.56 Å². The summed E-state index contributed by atoms with van der Waals surface area (Å²) in [5.74, 6) is -0.152. The fourth-order valence-corrected chi connectivity index (χ4v) is 3.87. The topological polar surface area (TPSA) is 66.6 Å². The van der Waals surface area contributed by atoms with E-state index < -0.39 is 5.97 Å². The van der Waals surface area contributed by atoms with Gasteiger partial charge in [0.1, 0.15) is 0 Å². The van der Waals surface area contributed by atoms with Gasteiger partial charge in [0.15, 0.2) is 0 Å². The minimum Gasteiger partial charge on any atom is -0.478 e. The molecule has 2 fully saturated rings. The number of carboxylic acid groups (broad SMARTS) is 1. The van der Waals surface area contributed by atoms with E-state index in [2.05, 4.69) is 4.90 Å². The number of rotatable bonds is 2. The Morgan fingerprint density at radius 2 is 1.95 bits per heavy atom. The van der Waals surface area contributed by atoms with Gasteiger partial charge in [0.25, 0.3) is 0 Å². The van der Waals surface area contributed by atoms with Gasteiger partial charge in [0.2, 0.25) is 0 Å². The highest BCUT2D eigenvalue weighted by Crippen LogP contribution is 2.38. The maximum absolute atomic E-state index is 11.0. The second kappa shape index (κ2) is 5.35. The number of nitrogen functional groups attached to an aromatic ring is 1. The van der Waals surface area contributed by atoms with Gasteiger partial charge in [0.05, 0.1) is 5.56 Å². The van der Waals surface area contributed by atoms with Crippen LogP contribution in [0.4, 0.5) is 11.4 Å². The molecule has 1 aromatic rings. The number of fused-ring (bicyclic) bond motifs is 1. The second-order valence-corrected chi connectivity index (χ2v) is 6.02. The van der Waals surface area contributed by atoms with Gasteiger partial charge in [-0.25, -0.2) is 4.79 Å². The summed E-state index contributed by atoms with van der Waals surface area (Å²) in [6, 6.07) is 6.00. The van der Waals surface area contributed by atoms with Crippen molar-refractivity contribution in [3.63, 3.8) is 0 Å². The van der Waals surface area contributed by atoms with E-state index in [9.17, 15) is 4.79 Å². The van der Waals surface area contributed by atoms with E-state index in [4.69, 9.17) is 10.8 Å². The average molecular weight is 274 g/mol. The van der Waals surface area contributed by atoms with Gasteiger partial charge in [-0.2, -0.15) is 0 Å². The predicted molar refractivity (Wildman–Crippen MR) is 80.1 cm³/mol. The Labute approximate surface area is 119 Å². The number of nitrogens with two attached hydrogens (primary N) is 1. The molecule has 1 aromatic carbocycles. The van der Waals surface area contributed by atoms with E-state index in [1.54, 1.807) is 6.07 Å². The maximum Gasteiger partial charge on any atom is 0.337 e. The van der Waals surface area contributed by atoms with Crippen LogP contribution in [0.3, 0.4) is 0 Å². The molecule has 0 aromatic heterocycles. The molecule has 1 heterocycles. The van der Waals surface area contributed by atoms with Crippen molar-refractivity contribution in [2.24, 2.45) is 5.92 Å². The summed E-state index contributed by atoms with van der Waals surface area (Å²) in [4.78, 5) is 13.5. The molecule has 0 amide bonds. The van der Waals surface area contributed by atoms with Gasteiger partial charge in [0, 0.05) is 24.0 Å². The Balaban J connectivity index is 1.87. The minimum atomic E-state index is -0.955. The highest BCUT2D eigenvalue weighted by molar-refractivity contribution is 5.94. The first-order chi connectivity index (χ1) is 9.66. The first-order valence-corrected chi connectivity index (χ1v) is 7.56. The number of carboxylic acids is 1. The van der Waals surface area contributed by atoms with Crippen LogP contribution in [0.2, 0.25) is 0 Å². The number of hydrogen-bond donors (Lipinski definition) is 2. The second-order valence-electron chi connectivity index (χ2n) is 6.02. The lowest BCUT2D eigenvalue weighted by atomic mass is 9.78. The molecule has 3 N–H and O–H groups in total. The molecule has 4 heteroatoms. The standard InChI is InChI=1S/C16H22N2O2/c17-14-10-12(7-8-13(14)16(19)20)18-9-3-5-11-4-1-2-6-15(11)18/h7-8,10-11,15H,1-6,9,17H2,(H,19,20)/t11-,15-/m1/s1. The fourth-order valence-electron chi connectivity index (χ4n) is 3.87. The van der Waals surface area contributed by atoms with Crippen LogP contribution in [-0.4, -0.2) is 23.7 Å². The predicted octanol–water partition coefficient (Wildman–Crippen LogP) is 3.13. The van der Waals surface area contributed by atoms with Crippen molar-refractivity contribution in [2.45, 2.75) is 44.6 Å². The lowest BCUT2D eigenvalue weighted by Crippen LogP contribution is -2.46. The number of benzene rings is 1. The molecular weight excluding hydrogens is 252 g/mol. The van der Waals surface area contributed by atoms with Gasteiger partial charge >= 0.3 is 5.97 Å². The maximum atomic E-state index is 11.0. The van der Waals surface area contributed by atoms with E-state index in [1.165, 1.54) is 38.5 Å². The number of anilines is 2. The van der Waals surface area contributed by atoms with E-state index in [1.807, 2.05) is 12.1 Å². The Hall–Kier alpha value is -1.71. The smallest absolute Gasteiger partial charge is 0.337 e. The van der Waals surface area contributed by atoms with Crippen LogP contribution >= 0.6 is 0 Å². The summed E-state index contributed by atoms with van der Waals surface area (Å²) in [7, 11) is 0. The molecule has 0 radical (unpaired) electrons. The molecule has 1 saturated carbocycles. The molecule has 0 spiro atoms. The third-order valence-corrected chi connectivity index (χ3v) is 4.84. The van der Waals surface area contributed by atoms with Crippen molar-refractivity contribution < 1.29 is 9.90 Å². The zero-order chi connectivity index (χ0) is 14.1. The normalized spacial score (nSPS) is 26.1. The highest BCUT2D eigenvalue weighted by Gasteiger charge is 2.33. The van der Waals surface area contributed by atoms with Gasteiger partial charge in [-0.15, -0.1) is 0 Å². The lowest BCUT2D eigenvalue weighted by molar-refractivity contribution is 0.0698. The summed E-state index contributed by atoms with van der Waals surface area (Å²) < 4.78 is 0. The summed E-state index contributed by atoms with van der Waals surface area (Å²) in [5.41, 5.74) is 7.55. The largest absolute Gasteiger partial charge is 0.478 e. The van der Waals surface area contributed by atoms with E-state index in [0.717, 1.165) is 18.2 Å². The minimum absolute atomic E-state index is 0.200. The molecule has 1 aliphatic heterocycles. The van der Waals surface area contributed by atoms with Crippen LogP contribution in [-0.2, 0) is 0 Å². The number of nitrogens with zero attached hydrogens (tertiary/aromatic N) is 1. The highest BCUT2D eigenvalue weighted by atomic mass is 16.4. The van der Waals surface area contributed by atoms with Crippen LogP contribution in [0.1, 0.15) is 48.9 Å². The molecule has 20 heavy (non-hydrogen) atoms. The number of aromatic carboxylic acids is 1.